The van der Waals surface area contributed by atoms with Crippen molar-refractivity contribution in [1.82, 2.24) is 15.1 Å². The van der Waals surface area contributed by atoms with E-state index in [0.717, 1.165) is 17.5 Å². The predicted octanol–water partition coefficient (Wildman–Crippen LogP) is 3.52. The first-order chi connectivity index (χ1) is 14.4. The van der Waals surface area contributed by atoms with E-state index >= 15 is 0 Å². The average molecular weight is 408 g/mol. The summed E-state index contributed by atoms with van der Waals surface area (Å²) in [7, 11) is 0. The lowest BCUT2D eigenvalue weighted by atomic mass is 10.00. The summed E-state index contributed by atoms with van der Waals surface area (Å²) < 4.78 is 0. The Kier molecular flexibility index (Phi) is 7.63. The molecule has 2 aromatic rings. The number of carbonyl (C=O) groups excluding carboxylic acids is 2. The number of nitrogens with zero attached hydrogens (tertiary/aromatic N) is 2. The molecule has 0 aromatic heterocycles. The molecule has 5 heteroatoms. The van der Waals surface area contributed by atoms with Crippen LogP contribution in [0, 0.1) is 5.92 Å². The highest BCUT2D eigenvalue weighted by Gasteiger charge is 2.23. The van der Waals surface area contributed by atoms with Gasteiger partial charge >= 0.3 is 0 Å². The normalized spacial score (nSPS) is 15.8. The summed E-state index contributed by atoms with van der Waals surface area (Å²) in [4.78, 5) is 29.0. The van der Waals surface area contributed by atoms with Gasteiger partial charge in [0, 0.05) is 31.7 Å². The molecule has 30 heavy (non-hydrogen) atoms. The van der Waals surface area contributed by atoms with Crippen molar-refractivity contribution >= 4 is 11.8 Å². The molecule has 3 rings (SSSR count). The van der Waals surface area contributed by atoms with E-state index in [1.807, 2.05) is 42.2 Å². The molecule has 5 nitrogen and oxygen atoms in total. The molecule has 0 aliphatic carbocycles. The van der Waals surface area contributed by atoms with Gasteiger partial charge in [-0.05, 0) is 42.5 Å². The fourth-order valence-corrected chi connectivity index (χ4v) is 3.86. The number of nitrogens with one attached hydrogen (secondary N) is 1. The van der Waals surface area contributed by atoms with Gasteiger partial charge in [0.25, 0.3) is 5.91 Å². The minimum absolute atomic E-state index is 0.0217. The molecule has 2 aromatic carbocycles. The molecular weight excluding hydrogens is 374 g/mol. The Balaban J connectivity index is 1.44. The van der Waals surface area contributed by atoms with Crippen molar-refractivity contribution in [2.45, 2.75) is 33.2 Å². The second kappa shape index (κ2) is 10.4. The molecule has 0 radical (unpaired) electrons. The van der Waals surface area contributed by atoms with Crippen LogP contribution in [-0.2, 0) is 11.2 Å². The van der Waals surface area contributed by atoms with Gasteiger partial charge in [0.05, 0.1) is 12.6 Å². The maximum absolute atomic E-state index is 12.5. The summed E-state index contributed by atoms with van der Waals surface area (Å²) in [5, 5.41) is 3.10. The molecule has 1 aliphatic rings. The Morgan fingerprint density at radius 2 is 1.53 bits per heavy atom. The van der Waals surface area contributed by atoms with Gasteiger partial charge in [-0.1, -0.05) is 56.3 Å². The van der Waals surface area contributed by atoms with Gasteiger partial charge in [-0.3, -0.25) is 14.5 Å². The fraction of sp³-hybridized carbons (Fsp3) is 0.440. The lowest BCUT2D eigenvalue weighted by Gasteiger charge is -2.34. The number of hydrogen-bond acceptors (Lipinski definition) is 3. The highest BCUT2D eigenvalue weighted by molar-refractivity contribution is 5.94. The second-order valence-corrected chi connectivity index (χ2v) is 8.56. The van der Waals surface area contributed by atoms with Crippen molar-refractivity contribution in [3.63, 3.8) is 0 Å². The third-order valence-electron chi connectivity index (χ3n) is 5.55. The van der Waals surface area contributed by atoms with Gasteiger partial charge in [0.2, 0.25) is 5.91 Å². The molecule has 1 heterocycles. The Hall–Kier alpha value is -2.66. The van der Waals surface area contributed by atoms with E-state index in [1.54, 1.807) is 0 Å². The van der Waals surface area contributed by atoms with E-state index in [0.29, 0.717) is 38.6 Å². The zero-order valence-electron chi connectivity index (χ0n) is 18.3. The number of benzene rings is 2. The molecule has 160 valence electrons. The monoisotopic (exact) mass is 407 g/mol. The molecule has 1 saturated heterocycles. The first kappa shape index (κ1) is 22.0. The van der Waals surface area contributed by atoms with E-state index in [4.69, 9.17) is 0 Å². The van der Waals surface area contributed by atoms with E-state index in [2.05, 4.69) is 48.3 Å². The Bertz CT molecular complexity index is 825. The third-order valence-corrected chi connectivity index (χ3v) is 5.55. The number of amides is 2. The SMILES string of the molecule is CC(C)Cc1ccc([C@H](C)NC(=O)CN2CCN(C(=O)c3ccccc3)CC2)cc1. The fourth-order valence-electron chi connectivity index (χ4n) is 3.86. The van der Waals surface area contributed by atoms with Gasteiger partial charge in [0.1, 0.15) is 0 Å². The summed E-state index contributed by atoms with van der Waals surface area (Å²) in [5.41, 5.74) is 3.17. The van der Waals surface area contributed by atoms with Gasteiger partial charge < -0.3 is 10.2 Å². The molecule has 1 atom stereocenters. The van der Waals surface area contributed by atoms with Gasteiger partial charge in [-0.25, -0.2) is 0 Å². The van der Waals surface area contributed by atoms with Crippen molar-refractivity contribution in [3.8, 4) is 0 Å². The smallest absolute Gasteiger partial charge is 0.253 e. The molecule has 0 saturated carbocycles. The summed E-state index contributed by atoms with van der Waals surface area (Å²) >= 11 is 0. The molecular formula is C25H33N3O2. The number of piperazine rings is 1. The van der Waals surface area contributed by atoms with Crippen LogP contribution in [-0.4, -0.2) is 54.3 Å². The van der Waals surface area contributed by atoms with Crippen molar-refractivity contribution in [1.29, 1.82) is 0 Å². The van der Waals surface area contributed by atoms with Crippen LogP contribution < -0.4 is 5.32 Å². The average Bonchev–Trinajstić information content (AvgIpc) is 2.74. The molecule has 1 N–H and O–H groups in total. The van der Waals surface area contributed by atoms with Crippen LogP contribution in [0.1, 0.15) is 48.3 Å². The quantitative estimate of drug-likeness (QED) is 0.764. The van der Waals surface area contributed by atoms with Crippen LogP contribution in [0.2, 0.25) is 0 Å². The number of hydrogen-bond donors (Lipinski definition) is 1. The first-order valence-corrected chi connectivity index (χ1v) is 10.9. The Morgan fingerprint density at radius 1 is 0.900 bits per heavy atom. The van der Waals surface area contributed by atoms with Gasteiger partial charge in [-0.2, -0.15) is 0 Å². The van der Waals surface area contributed by atoms with Crippen molar-refractivity contribution in [2.24, 2.45) is 5.92 Å². The molecule has 0 unspecified atom stereocenters. The number of rotatable bonds is 7. The minimum atomic E-state index is -0.0217. The largest absolute Gasteiger partial charge is 0.348 e. The highest BCUT2D eigenvalue weighted by atomic mass is 16.2. The lowest BCUT2D eigenvalue weighted by Crippen LogP contribution is -2.51. The van der Waals surface area contributed by atoms with Crippen LogP contribution in [0.25, 0.3) is 0 Å². The third kappa shape index (κ3) is 6.17. The summed E-state index contributed by atoms with van der Waals surface area (Å²) in [6.07, 6.45) is 1.07. The van der Waals surface area contributed by atoms with E-state index < -0.39 is 0 Å². The summed E-state index contributed by atoms with van der Waals surface area (Å²) in [5.74, 6) is 0.724. The van der Waals surface area contributed by atoms with Crippen LogP contribution >= 0.6 is 0 Å². The highest BCUT2D eigenvalue weighted by Crippen LogP contribution is 2.16. The maximum Gasteiger partial charge on any atom is 0.253 e. The van der Waals surface area contributed by atoms with Crippen molar-refractivity contribution < 1.29 is 9.59 Å². The van der Waals surface area contributed by atoms with E-state index in [-0.39, 0.29) is 17.9 Å². The van der Waals surface area contributed by atoms with Crippen LogP contribution in [0.4, 0.5) is 0 Å². The minimum Gasteiger partial charge on any atom is -0.348 e. The first-order valence-electron chi connectivity index (χ1n) is 10.9. The van der Waals surface area contributed by atoms with Crippen LogP contribution in [0.5, 0.6) is 0 Å². The zero-order chi connectivity index (χ0) is 21.5. The van der Waals surface area contributed by atoms with E-state index in [9.17, 15) is 9.59 Å². The summed E-state index contributed by atoms with van der Waals surface area (Å²) in [6.45, 7) is 9.54. The molecule has 2 amide bonds. The number of carbonyl (C=O) groups is 2. The Labute approximate surface area is 180 Å². The van der Waals surface area contributed by atoms with Gasteiger partial charge in [0.15, 0.2) is 0 Å². The molecule has 1 fully saturated rings. The standard InChI is InChI=1S/C25H33N3O2/c1-19(2)17-21-9-11-22(12-10-21)20(3)26-24(29)18-27-13-15-28(16-14-27)25(30)23-7-5-4-6-8-23/h4-12,19-20H,13-18H2,1-3H3,(H,26,29)/t20-/m0/s1. The maximum atomic E-state index is 12.5. The summed E-state index contributed by atoms with van der Waals surface area (Å²) in [6, 6.07) is 17.9. The van der Waals surface area contributed by atoms with Crippen LogP contribution in [0.3, 0.4) is 0 Å². The van der Waals surface area contributed by atoms with Crippen molar-refractivity contribution in [3.05, 3.63) is 71.3 Å². The molecule has 0 spiro atoms. The molecule has 1 aliphatic heterocycles. The predicted molar refractivity (Wildman–Crippen MR) is 120 cm³/mol. The topological polar surface area (TPSA) is 52.7 Å². The second-order valence-electron chi connectivity index (χ2n) is 8.56. The van der Waals surface area contributed by atoms with E-state index in [1.165, 1.54) is 5.56 Å². The lowest BCUT2D eigenvalue weighted by molar-refractivity contribution is -0.123. The Morgan fingerprint density at radius 3 is 2.13 bits per heavy atom. The van der Waals surface area contributed by atoms with Crippen molar-refractivity contribution in [2.75, 3.05) is 32.7 Å². The molecule has 0 bridgehead atoms. The zero-order valence-corrected chi connectivity index (χ0v) is 18.3. The van der Waals surface area contributed by atoms with Crippen LogP contribution in [0.15, 0.2) is 54.6 Å². The van der Waals surface area contributed by atoms with Gasteiger partial charge in [-0.15, -0.1) is 0 Å².